The molecule has 0 aromatic heterocycles. The number of hydrogen-bond acceptors (Lipinski definition) is 3. The molecule has 0 spiro atoms. The van der Waals surface area contributed by atoms with Gasteiger partial charge in [0.15, 0.2) is 6.29 Å². The van der Waals surface area contributed by atoms with Gasteiger partial charge in [-0.2, -0.15) is 0 Å². The number of aldehydes is 1. The van der Waals surface area contributed by atoms with Crippen molar-refractivity contribution in [3.8, 4) is 16.9 Å². The summed E-state index contributed by atoms with van der Waals surface area (Å²) in [4.78, 5) is 13.4. The molecule has 0 unspecified atom stereocenters. The van der Waals surface area contributed by atoms with E-state index in [-0.39, 0.29) is 0 Å². The normalized spacial score (nSPS) is 10.8. The zero-order chi connectivity index (χ0) is 16.1. The average Bonchev–Trinajstić information content (AvgIpc) is 2.46. The molecular formula is C19H23NO2. The van der Waals surface area contributed by atoms with E-state index in [0.717, 1.165) is 24.0 Å². The predicted molar refractivity (Wildman–Crippen MR) is 90.8 cm³/mol. The summed E-state index contributed by atoms with van der Waals surface area (Å²) in [6.07, 6.45) is 0.858. The Hall–Kier alpha value is -2.13. The second-order valence-corrected chi connectivity index (χ2v) is 5.90. The smallest absolute Gasteiger partial charge is 0.153 e. The first kappa shape index (κ1) is 16.2. The highest BCUT2D eigenvalue weighted by atomic mass is 16.5. The molecule has 0 aliphatic heterocycles. The lowest BCUT2D eigenvalue weighted by Gasteiger charge is -2.13. The fourth-order valence-corrected chi connectivity index (χ4v) is 2.43. The summed E-state index contributed by atoms with van der Waals surface area (Å²) in [6.45, 7) is 5.54. The van der Waals surface area contributed by atoms with Crippen molar-refractivity contribution in [1.82, 2.24) is 4.90 Å². The topological polar surface area (TPSA) is 29.5 Å². The van der Waals surface area contributed by atoms with E-state index >= 15 is 0 Å². The van der Waals surface area contributed by atoms with Crippen LogP contribution in [-0.2, 0) is 0 Å². The maximum absolute atomic E-state index is 11.4. The molecule has 0 bridgehead atoms. The Balaban J connectivity index is 2.26. The van der Waals surface area contributed by atoms with E-state index in [0.29, 0.717) is 17.9 Å². The maximum atomic E-state index is 11.4. The van der Waals surface area contributed by atoms with Crippen LogP contribution in [0.5, 0.6) is 5.75 Å². The van der Waals surface area contributed by atoms with Crippen LogP contribution in [-0.4, -0.2) is 38.4 Å². The number of hydrogen-bond donors (Lipinski definition) is 0. The van der Waals surface area contributed by atoms with E-state index in [1.807, 2.05) is 37.2 Å². The number of carbonyl (C=O) groups excluding carboxylic acids is 1. The summed E-state index contributed by atoms with van der Waals surface area (Å²) in [5.41, 5.74) is 5.19. The van der Waals surface area contributed by atoms with Crippen molar-refractivity contribution in [3.63, 3.8) is 0 Å². The molecule has 0 amide bonds. The van der Waals surface area contributed by atoms with E-state index in [2.05, 4.69) is 32.0 Å². The highest BCUT2D eigenvalue weighted by molar-refractivity contribution is 5.83. The largest absolute Gasteiger partial charge is 0.492 e. The number of nitrogens with zero attached hydrogens (tertiary/aromatic N) is 1. The van der Waals surface area contributed by atoms with Crippen molar-refractivity contribution >= 4 is 6.29 Å². The molecule has 3 nitrogen and oxygen atoms in total. The maximum Gasteiger partial charge on any atom is 0.153 e. The quantitative estimate of drug-likeness (QED) is 0.761. The summed E-state index contributed by atoms with van der Waals surface area (Å²) in [6, 6.07) is 12.2. The first-order valence-corrected chi connectivity index (χ1v) is 7.45. The lowest BCUT2D eigenvalue weighted by Crippen LogP contribution is -2.19. The van der Waals surface area contributed by atoms with Gasteiger partial charge in [-0.25, -0.2) is 0 Å². The van der Waals surface area contributed by atoms with Crippen LogP contribution >= 0.6 is 0 Å². The van der Waals surface area contributed by atoms with Crippen molar-refractivity contribution in [3.05, 3.63) is 53.1 Å². The molecular weight excluding hydrogens is 274 g/mol. The minimum atomic E-state index is 0.566. The van der Waals surface area contributed by atoms with Crippen molar-refractivity contribution in [2.24, 2.45) is 0 Å². The Kier molecular flexibility index (Phi) is 5.34. The van der Waals surface area contributed by atoms with Gasteiger partial charge in [0.25, 0.3) is 0 Å². The van der Waals surface area contributed by atoms with Gasteiger partial charge in [0.2, 0.25) is 0 Å². The lowest BCUT2D eigenvalue weighted by atomic mass is 9.99. The van der Waals surface area contributed by atoms with Gasteiger partial charge in [0.1, 0.15) is 12.4 Å². The van der Waals surface area contributed by atoms with Crippen molar-refractivity contribution in [1.29, 1.82) is 0 Å². The molecule has 0 aliphatic rings. The molecule has 0 radical (unpaired) electrons. The zero-order valence-electron chi connectivity index (χ0n) is 13.7. The Morgan fingerprint density at radius 3 is 2.27 bits per heavy atom. The molecule has 116 valence electrons. The molecule has 0 N–H and O–H groups in total. The van der Waals surface area contributed by atoms with Gasteiger partial charge in [-0.3, -0.25) is 4.79 Å². The molecule has 0 saturated heterocycles. The first-order chi connectivity index (χ1) is 10.5. The van der Waals surface area contributed by atoms with Crippen LogP contribution in [0.15, 0.2) is 36.4 Å². The Morgan fingerprint density at radius 2 is 1.68 bits per heavy atom. The summed E-state index contributed by atoms with van der Waals surface area (Å²) in [5, 5.41) is 0. The van der Waals surface area contributed by atoms with E-state index in [1.165, 1.54) is 11.1 Å². The van der Waals surface area contributed by atoms with E-state index in [4.69, 9.17) is 4.74 Å². The first-order valence-electron chi connectivity index (χ1n) is 7.45. The van der Waals surface area contributed by atoms with Gasteiger partial charge in [0, 0.05) is 6.54 Å². The third kappa shape index (κ3) is 4.18. The summed E-state index contributed by atoms with van der Waals surface area (Å²) in [5.74, 6) is 0.643. The molecule has 2 rings (SSSR count). The SMILES string of the molecule is Cc1cc(C)cc(-c2ccc(OCCN(C)C)c(C=O)c2)c1. The average molecular weight is 297 g/mol. The molecule has 0 heterocycles. The molecule has 2 aromatic carbocycles. The predicted octanol–water partition coefficient (Wildman–Crippen LogP) is 3.72. The number of benzene rings is 2. The van der Waals surface area contributed by atoms with Crippen LogP contribution in [0.2, 0.25) is 0 Å². The van der Waals surface area contributed by atoms with Crippen molar-refractivity contribution < 1.29 is 9.53 Å². The van der Waals surface area contributed by atoms with Crippen LogP contribution in [0.4, 0.5) is 0 Å². The molecule has 0 saturated carbocycles. The fourth-order valence-electron chi connectivity index (χ4n) is 2.43. The van der Waals surface area contributed by atoms with Gasteiger partial charge in [0.05, 0.1) is 5.56 Å². The van der Waals surface area contributed by atoms with Crippen LogP contribution in [0, 0.1) is 13.8 Å². The molecule has 2 aromatic rings. The van der Waals surface area contributed by atoms with Crippen LogP contribution < -0.4 is 4.74 Å². The standard InChI is InChI=1S/C19H23NO2/c1-14-9-15(2)11-17(10-14)16-5-6-19(18(12-16)13-21)22-8-7-20(3)4/h5-6,9-13H,7-8H2,1-4H3. The molecule has 3 heteroatoms. The van der Waals surface area contributed by atoms with Crippen molar-refractivity contribution in [2.75, 3.05) is 27.2 Å². The monoisotopic (exact) mass is 297 g/mol. The van der Waals surface area contributed by atoms with Gasteiger partial charge in [-0.1, -0.05) is 35.4 Å². The number of ether oxygens (including phenoxy) is 1. The molecule has 0 fully saturated rings. The highest BCUT2D eigenvalue weighted by Crippen LogP contribution is 2.27. The van der Waals surface area contributed by atoms with E-state index in [9.17, 15) is 4.79 Å². The van der Waals surface area contributed by atoms with Gasteiger partial charge >= 0.3 is 0 Å². The Labute approximate surface area is 132 Å². The molecule has 0 aliphatic carbocycles. The van der Waals surface area contributed by atoms with Crippen LogP contribution in [0.3, 0.4) is 0 Å². The Morgan fingerprint density at radius 1 is 1.00 bits per heavy atom. The van der Waals surface area contributed by atoms with Crippen LogP contribution in [0.1, 0.15) is 21.5 Å². The third-order valence-electron chi connectivity index (χ3n) is 3.49. The number of rotatable bonds is 6. The summed E-state index contributed by atoms with van der Waals surface area (Å²) >= 11 is 0. The van der Waals surface area contributed by atoms with E-state index < -0.39 is 0 Å². The summed E-state index contributed by atoms with van der Waals surface area (Å²) < 4.78 is 5.70. The fraction of sp³-hybridized carbons (Fsp3) is 0.316. The lowest BCUT2D eigenvalue weighted by molar-refractivity contribution is 0.111. The number of likely N-dealkylation sites (N-methyl/N-ethyl adjacent to an activating group) is 1. The zero-order valence-corrected chi connectivity index (χ0v) is 13.7. The number of carbonyl (C=O) groups is 1. The highest BCUT2D eigenvalue weighted by Gasteiger charge is 2.07. The van der Waals surface area contributed by atoms with Crippen molar-refractivity contribution in [2.45, 2.75) is 13.8 Å². The minimum absolute atomic E-state index is 0.566. The van der Waals surface area contributed by atoms with E-state index in [1.54, 1.807) is 0 Å². The minimum Gasteiger partial charge on any atom is -0.492 e. The molecule has 22 heavy (non-hydrogen) atoms. The third-order valence-corrected chi connectivity index (χ3v) is 3.49. The Bertz CT molecular complexity index is 642. The summed E-state index contributed by atoms with van der Waals surface area (Å²) in [7, 11) is 3.99. The van der Waals surface area contributed by atoms with Gasteiger partial charge in [-0.05, 0) is 51.2 Å². The van der Waals surface area contributed by atoms with Gasteiger partial charge < -0.3 is 9.64 Å². The second-order valence-electron chi connectivity index (χ2n) is 5.90. The second kappa shape index (κ2) is 7.23. The van der Waals surface area contributed by atoms with Crippen LogP contribution in [0.25, 0.3) is 11.1 Å². The molecule has 0 atom stereocenters. The van der Waals surface area contributed by atoms with Gasteiger partial charge in [-0.15, -0.1) is 0 Å². The number of aryl methyl sites for hydroxylation is 2.